The van der Waals surface area contributed by atoms with Crippen LogP contribution in [0.2, 0.25) is 0 Å². The predicted molar refractivity (Wildman–Crippen MR) is 44.3 cm³/mol. The quantitative estimate of drug-likeness (QED) is 0.520. The van der Waals surface area contributed by atoms with E-state index in [1.807, 2.05) is 26.0 Å². The van der Waals surface area contributed by atoms with E-state index >= 15 is 0 Å². The maximum Gasteiger partial charge on any atom is 0.130 e. The van der Waals surface area contributed by atoms with Crippen LogP contribution in [0.4, 0.5) is 0 Å². The number of hydrogen-bond acceptors (Lipinski definition) is 3. The summed E-state index contributed by atoms with van der Waals surface area (Å²) in [6.45, 7) is 0.531. The van der Waals surface area contributed by atoms with Crippen LogP contribution >= 0.6 is 0 Å². The van der Waals surface area contributed by atoms with Crippen LogP contribution in [0.3, 0.4) is 0 Å². The molecule has 1 aliphatic heterocycles. The first-order valence-corrected chi connectivity index (χ1v) is 3.51. The fraction of sp³-hybridized carbons (Fsp3) is 0.625. The van der Waals surface area contributed by atoms with Gasteiger partial charge >= 0.3 is 0 Å². The van der Waals surface area contributed by atoms with Crippen molar-refractivity contribution in [1.29, 1.82) is 0 Å². The molecule has 0 bridgehead atoms. The third kappa shape index (κ3) is 7.06. The summed E-state index contributed by atoms with van der Waals surface area (Å²) in [7, 11) is 6.00. The molecule has 0 saturated carbocycles. The Hall–Kier alpha value is -0.830. The largest absolute Gasteiger partial charge is 0.500 e. The van der Waals surface area contributed by atoms with Gasteiger partial charge in [-0.3, -0.25) is 0 Å². The minimum Gasteiger partial charge on any atom is -0.500 e. The van der Waals surface area contributed by atoms with Crippen molar-refractivity contribution in [3.8, 4) is 0 Å². The Kier molecular flexibility index (Phi) is 5.47. The predicted octanol–water partition coefficient (Wildman–Crippen LogP) is 0.523. The Labute approximate surface area is 67.6 Å². The zero-order valence-electron chi connectivity index (χ0n) is 7.28. The van der Waals surface area contributed by atoms with E-state index in [0.29, 0.717) is 6.61 Å². The molecule has 0 amide bonds. The van der Waals surface area contributed by atoms with Crippen molar-refractivity contribution < 1.29 is 9.53 Å². The van der Waals surface area contributed by atoms with Crippen LogP contribution in [0.25, 0.3) is 0 Å². The van der Waals surface area contributed by atoms with Gasteiger partial charge in [0.1, 0.15) is 12.9 Å². The third-order valence-corrected chi connectivity index (χ3v) is 0.885. The lowest BCUT2D eigenvalue weighted by molar-refractivity contribution is -0.110. The van der Waals surface area contributed by atoms with Gasteiger partial charge in [-0.25, -0.2) is 0 Å². The van der Waals surface area contributed by atoms with Crippen LogP contribution in [-0.4, -0.2) is 38.9 Å². The second kappa shape index (κ2) is 5.92. The van der Waals surface area contributed by atoms with Gasteiger partial charge in [-0.05, 0) is 27.2 Å². The first-order chi connectivity index (χ1) is 5.16. The van der Waals surface area contributed by atoms with E-state index in [1.165, 1.54) is 0 Å². The van der Waals surface area contributed by atoms with Crippen molar-refractivity contribution in [3.05, 3.63) is 12.3 Å². The fourth-order valence-corrected chi connectivity index (χ4v) is 0.463. The summed E-state index contributed by atoms with van der Waals surface area (Å²) in [6, 6.07) is 0. The van der Waals surface area contributed by atoms with Crippen molar-refractivity contribution >= 4 is 6.29 Å². The van der Waals surface area contributed by atoms with E-state index in [2.05, 4.69) is 0 Å². The SMILES string of the molecule is CN(C)C.O=CC1C=COC1. The molecule has 0 spiro atoms. The van der Waals surface area contributed by atoms with E-state index < -0.39 is 0 Å². The molecule has 0 aliphatic carbocycles. The summed E-state index contributed by atoms with van der Waals surface area (Å²) in [5.41, 5.74) is 0. The number of nitrogens with zero attached hydrogens (tertiary/aromatic N) is 1. The molecule has 1 heterocycles. The Balaban J connectivity index is 0.000000218. The molecule has 0 fully saturated rings. The van der Waals surface area contributed by atoms with Crippen LogP contribution in [-0.2, 0) is 9.53 Å². The van der Waals surface area contributed by atoms with Gasteiger partial charge in [-0.2, -0.15) is 0 Å². The maximum absolute atomic E-state index is 9.88. The molecule has 1 unspecified atom stereocenters. The summed E-state index contributed by atoms with van der Waals surface area (Å²) >= 11 is 0. The molecule has 1 rings (SSSR count). The van der Waals surface area contributed by atoms with Crippen LogP contribution < -0.4 is 0 Å². The Morgan fingerprint density at radius 1 is 1.55 bits per heavy atom. The molecule has 64 valence electrons. The topological polar surface area (TPSA) is 29.5 Å². The number of ether oxygens (including phenoxy) is 1. The third-order valence-electron chi connectivity index (χ3n) is 0.885. The molecule has 0 N–H and O–H groups in total. The highest BCUT2D eigenvalue weighted by Crippen LogP contribution is 2.02. The number of rotatable bonds is 1. The lowest BCUT2D eigenvalue weighted by Crippen LogP contribution is -1.99. The highest BCUT2D eigenvalue weighted by atomic mass is 16.5. The molecule has 1 aliphatic rings. The van der Waals surface area contributed by atoms with Crippen molar-refractivity contribution in [2.75, 3.05) is 27.7 Å². The van der Waals surface area contributed by atoms with Crippen LogP contribution in [0, 0.1) is 5.92 Å². The zero-order chi connectivity index (χ0) is 8.69. The molecule has 0 aromatic rings. The number of hydrogen-bond donors (Lipinski definition) is 0. The van der Waals surface area contributed by atoms with Gasteiger partial charge in [-0.15, -0.1) is 0 Å². The van der Waals surface area contributed by atoms with E-state index in [-0.39, 0.29) is 5.92 Å². The van der Waals surface area contributed by atoms with E-state index in [9.17, 15) is 4.79 Å². The lowest BCUT2D eigenvalue weighted by atomic mass is 10.2. The summed E-state index contributed by atoms with van der Waals surface area (Å²) < 4.78 is 4.74. The second-order valence-electron chi connectivity index (χ2n) is 2.80. The fourth-order valence-electron chi connectivity index (χ4n) is 0.463. The summed E-state index contributed by atoms with van der Waals surface area (Å²) in [6.07, 6.45) is 4.18. The Morgan fingerprint density at radius 3 is 2.27 bits per heavy atom. The van der Waals surface area contributed by atoms with Crippen molar-refractivity contribution in [2.45, 2.75) is 0 Å². The molecule has 0 radical (unpaired) electrons. The van der Waals surface area contributed by atoms with Gasteiger partial charge < -0.3 is 14.4 Å². The zero-order valence-corrected chi connectivity index (χ0v) is 7.28. The number of carbonyl (C=O) groups is 1. The van der Waals surface area contributed by atoms with E-state index in [0.717, 1.165) is 6.29 Å². The summed E-state index contributed by atoms with van der Waals surface area (Å²) in [4.78, 5) is 11.9. The Morgan fingerprint density at radius 2 is 2.09 bits per heavy atom. The first kappa shape index (κ1) is 10.2. The Bertz CT molecular complexity index is 129. The second-order valence-corrected chi connectivity index (χ2v) is 2.80. The molecule has 0 aromatic carbocycles. The smallest absolute Gasteiger partial charge is 0.130 e. The minimum absolute atomic E-state index is 0.0139. The highest BCUT2D eigenvalue weighted by molar-refractivity contribution is 5.57. The maximum atomic E-state index is 9.88. The van der Waals surface area contributed by atoms with Gasteiger partial charge in [0.2, 0.25) is 0 Å². The minimum atomic E-state index is 0.0139. The molecule has 11 heavy (non-hydrogen) atoms. The van der Waals surface area contributed by atoms with Gasteiger partial charge in [-0.1, -0.05) is 0 Å². The summed E-state index contributed by atoms with van der Waals surface area (Å²) in [5.74, 6) is 0.0139. The van der Waals surface area contributed by atoms with Crippen LogP contribution in [0.15, 0.2) is 12.3 Å². The highest BCUT2D eigenvalue weighted by Gasteiger charge is 2.06. The number of carbonyl (C=O) groups excluding carboxylic acids is 1. The molecule has 3 heteroatoms. The molecule has 3 nitrogen and oxygen atoms in total. The standard InChI is InChI=1S/C5H6O2.C3H9N/c6-3-5-1-2-7-4-5;1-4(2)3/h1-3,5H,4H2;1-3H3. The van der Waals surface area contributed by atoms with Gasteiger partial charge in [0.25, 0.3) is 0 Å². The van der Waals surface area contributed by atoms with Crippen molar-refractivity contribution in [2.24, 2.45) is 5.92 Å². The molecule has 0 saturated heterocycles. The van der Waals surface area contributed by atoms with E-state index in [1.54, 1.807) is 12.3 Å². The van der Waals surface area contributed by atoms with Crippen molar-refractivity contribution in [3.63, 3.8) is 0 Å². The molecule has 1 atom stereocenters. The van der Waals surface area contributed by atoms with Gasteiger partial charge in [0.15, 0.2) is 0 Å². The lowest BCUT2D eigenvalue weighted by Gasteiger charge is -1.90. The average molecular weight is 157 g/mol. The van der Waals surface area contributed by atoms with Crippen LogP contribution in [0.5, 0.6) is 0 Å². The average Bonchev–Trinajstić information content (AvgIpc) is 2.36. The molecular weight excluding hydrogens is 142 g/mol. The van der Waals surface area contributed by atoms with Crippen LogP contribution in [0.1, 0.15) is 0 Å². The van der Waals surface area contributed by atoms with Gasteiger partial charge in [0.05, 0.1) is 12.2 Å². The summed E-state index contributed by atoms with van der Waals surface area (Å²) in [5, 5.41) is 0. The van der Waals surface area contributed by atoms with Gasteiger partial charge in [0, 0.05) is 0 Å². The molecular formula is C8H15NO2. The number of aldehydes is 1. The molecule has 0 aromatic heterocycles. The van der Waals surface area contributed by atoms with Crippen molar-refractivity contribution in [1.82, 2.24) is 4.90 Å². The normalized spacial score (nSPS) is 20.5. The first-order valence-electron chi connectivity index (χ1n) is 3.51. The monoisotopic (exact) mass is 157 g/mol. The van der Waals surface area contributed by atoms with E-state index in [4.69, 9.17) is 4.74 Å².